The fourth-order valence-corrected chi connectivity index (χ4v) is 2.01. The molecule has 0 radical (unpaired) electrons. The molecule has 0 aliphatic heterocycles. The van der Waals surface area contributed by atoms with Crippen LogP contribution in [0.25, 0.3) is 0 Å². The van der Waals surface area contributed by atoms with E-state index in [4.69, 9.17) is 14.2 Å². The van der Waals surface area contributed by atoms with E-state index in [1.807, 2.05) is 34.6 Å². The molecule has 1 rings (SSSR count). The Labute approximate surface area is 144 Å². The lowest BCUT2D eigenvalue weighted by atomic mass is 10.0. The lowest BCUT2D eigenvalue weighted by Crippen LogP contribution is -2.42. The molecule has 0 aliphatic rings. The summed E-state index contributed by atoms with van der Waals surface area (Å²) in [6.45, 7) is 11.7. The van der Waals surface area contributed by atoms with Crippen LogP contribution >= 0.6 is 0 Å². The molecule has 1 heterocycles. The van der Waals surface area contributed by atoms with Crippen molar-refractivity contribution in [3.63, 3.8) is 0 Å². The van der Waals surface area contributed by atoms with E-state index in [-0.39, 0.29) is 5.91 Å². The highest BCUT2D eigenvalue weighted by atomic mass is 16.5. The number of rotatable bonds is 11. The Morgan fingerprint density at radius 2 is 1.96 bits per heavy atom. The maximum atomic E-state index is 12.5. The molecule has 1 atom stereocenters. The SMILES string of the molecule is CCCO[C@](C)(CC)C(=O)Nc1ccc(OCCOCC)nc1C. The number of aromatic nitrogens is 1. The molecule has 1 aromatic rings. The highest BCUT2D eigenvalue weighted by Crippen LogP contribution is 2.22. The van der Waals surface area contributed by atoms with Crippen molar-refractivity contribution in [3.8, 4) is 5.88 Å². The number of hydrogen-bond donors (Lipinski definition) is 1. The van der Waals surface area contributed by atoms with Gasteiger partial charge in [-0.05, 0) is 39.7 Å². The molecule has 6 nitrogen and oxygen atoms in total. The summed E-state index contributed by atoms with van der Waals surface area (Å²) in [6, 6.07) is 3.54. The van der Waals surface area contributed by atoms with E-state index in [0.29, 0.717) is 50.1 Å². The van der Waals surface area contributed by atoms with Gasteiger partial charge in [0.2, 0.25) is 5.88 Å². The maximum Gasteiger partial charge on any atom is 0.256 e. The number of aryl methyl sites for hydroxylation is 1. The van der Waals surface area contributed by atoms with Gasteiger partial charge >= 0.3 is 0 Å². The standard InChI is InChI=1S/C18H30N2O4/c1-6-11-24-18(5,7-2)17(21)20-15-9-10-16(19-14(15)4)23-13-12-22-8-3/h9-10H,6-8,11-13H2,1-5H3,(H,20,21)/t18-/m1/s1. The number of pyridine rings is 1. The molecular formula is C18H30N2O4. The first-order valence-electron chi connectivity index (χ1n) is 8.60. The molecule has 136 valence electrons. The molecule has 0 spiro atoms. The first-order chi connectivity index (χ1) is 11.5. The third kappa shape index (κ3) is 6.09. The summed E-state index contributed by atoms with van der Waals surface area (Å²) in [7, 11) is 0. The van der Waals surface area contributed by atoms with Gasteiger partial charge in [0.15, 0.2) is 0 Å². The van der Waals surface area contributed by atoms with Gasteiger partial charge in [0, 0.05) is 19.3 Å². The van der Waals surface area contributed by atoms with E-state index < -0.39 is 5.60 Å². The highest BCUT2D eigenvalue weighted by Gasteiger charge is 2.32. The van der Waals surface area contributed by atoms with Gasteiger partial charge in [0.05, 0.1) is 18.0 Å². The minimum Gasteiger partial charge on any atom is -0.475 e. The molecule has 6 heteroatoms. The minimum absolute atomic E-state index is 0.159. The smallest absolute Gasteiger partial charge is 0.256 e. The van der Waals surface area contributed by atoms with Crippen LogP contribution in [0, 0.1) is 6.92 Å². The van der Waals surface area contributed by atoms with Crippen molar-refractivity contribution in [2.45, 2.75) is 53.1 Å². The number of carbonyl (C=O) groups is 1. The first-order valence-corrected chi connectivity index (χ1v) is 8.60. The number of amides is 1. The van der Waals surface area contributed by atoms with Crippen LogP contribution < -0.4 is 10.1 Å². The van der Waals surface area contributed by atoms with Crippen molar-refractivity contribution in [3.05, 3.63) is 17.8 Å². The predicted molar refractivity (Wildman–Crippen MR) is 94.5 cm³/mol. The van der Waals surface area contributed by atoms with Gasteiger partial charge in [-0.25, -0.2) is 4.98 Å². The average molecular weight is 338 g/mol. The quantitative estimate of drug-likeness (QED) is 0.627. The lowest BCUT2D eigenvalue weighted by Gasteiger charge is -2.27. The van der Waals surface area contributed by atoms with Crippen LogP contribution in [-0.4, -0.2) is 42.9 Å². The van der Waals surface area contributed by atoms with E-state index >= 15 is 0 Å². The Morgan fingerprint density at radius 3 is 2.54 bits per heavy atom. The first kappa shape index (κ1) is 20.4. The van der Waals surface area contributed by atoms with Gasteiger partial charge in [-0.3, -0.25) is 4.79 Å². The molecule has 0 unspecified atom stereocenters. The highest BCUT2D eigenvalue weighted by molar-refractivity contribution is 5.97. The molecule has 1 N–H and O–H groups in total. The van der Waals surface area contributed by atoms with Crippen molar-refractivity contribution in [2.75, 3.05) is 31.7 Å². The topological polar surface area (TPSA) is 69.7 Å². The van der Waals surface area contributed by atoms with Crippen LogP contribution in [0.3, 0.4) is 0 Å². The van der Waals surface area contributed by atoms with E-state index in [1.165, 1.54) is 0 Å². The van der Waals surface area contributed by atoms with Gasteiger partial charge in [-0.1, -0.05) is 13.8 Å². The molecule has 0 saturated heterocycles. The van der Waals surface area contributed by atoms with Crippen LogP contribution in [0.15, 0.2) is 12.1 Å². The number of anilines is 1. The predicted octanol–water partition coefficient (Wildman–Crippen LogP) is 3.34. The van der Waals surface area contributed by atoms with E-state index in [9.17, 15) is 4.79 Å². The lowest BCUT2D eigenvalue weighted by molar-refractivity contribution is -0.139. The van der Waals surface area contributed by atoms with Crippen LogP contribution in [0.5, 0.6) is 5.88 Å². The second-order valence-electron chi connectivity index (χ2n) is 5.71. The Bertz CT molecular complexity index is 522. The second kappa shape index (κ2) is 10.3. The monoisotopic (exact) mass is 338 g/mol. The molecule has 0 aromatic carbocycles. The summed E-state index contributed by atoms with van der Waals surface area (Å²) in [5, 5.41) is 2.91. The van der Waals surface area contributed by atoms with Crippen molar-refractivity contribution in [1.29, 1.82) is 0 Å². The molecule has 1 amide bonds. The fourth-order valence-electron chi connectivity index (χ4n) is 2.01. The van der Waals surface area contributed by atoms with E-state index in [1.54, 1.807) is 12.1 Å². The molecule has 0 bridgehead atoms. The Balaban J connectivity index is 2.68. The van der Waals surface area contributed by atoms with Gasteiger partial charge in [0.1, 0.15) is 12.2 Å². The normalized spacial score (nSPS) is 13.4. The number of ether oxygens (including phenoxy) is 3. The fraction of sp³-hybridized carbons (Fsp3) is 0.667. The summed E-state index contributed by atoms with van der Waals surface area (Å²) in [6.07, 6.45) is 1.47. The van der Waals surface area contributed by atoms with Crippen molar-refractivity contribution >= 4 is 11.6 Å². The largest absolute Gasteiger partial charge is 0.475 e. The Morgan fingerprint density at radius 1 is 1.21 bits per heavy atom. The molecule has 0 saturated carbocycles. The van der Waals surface area contributed by atoms with Crippen LogP contribution in [0.4, 0.5) is 5.69 Å². The molecule has 1 aromatic heterocycles. The zero-order chi connectivity index (χ0) is 18.0. The van der Waals surface area contributed by atoms with Gasteiger partial charge in [0.25, 0.3) is 5.91 Å². The number of nitrogens with zero attached hydrogens (tertiary/aromatic N) is 1. The number of carbonyl (C=O) groups excluding carboxylic acids is 1. The second-order valence-corrected chi connectivity index (χ2v) is 5.71. The summed E-state index contributed by atoms with van der Waals surface area (Å²) in [4.78, 5) is 16.9. The van der Waals surface area contributed by atoms with Crippen molar-refractivity contribution in [2.24, 2.45) is 0 Å². The summed E-state index contributed by atoms with van der Waals surface area (Å²) < 4.78 is 16.5. The number of hydrogen-bond acceptors (Lipinski definition) is 5. The zero-order valence-corrected chi connectivity index (χ0v) is 15.5. The molecule has 0 fully saturated rings. The minimum atomic E-state index is -0.838. The maximum absolute atomic E-state index is 12.5. The zero-order valence-electron chi connectivity index (χ0n) is 15.5. The van der Waals surface area contributed by atoms with Crippen LogP contribution in [0.1, 0.15) is 46.2 Å². The van der Waals surface area contributed by atoms with E-state index in [0.717, 1.165) is 6.42 Å². The third-order valence-corrected chi connectivity index (χ3v) is 3.77. The molecular weight excluding hydrogens is 308 g/mol. The molecule has 0 aliphatic carbocycles. The summed E-state index contributed by atoms with van der Waals surface area (Å²) >= 11 is 0. The van der Waals surface area contributed by atoms with Crippen molar-refractivity contribution in [1.82, 2.24) is 4.98 Å². The molecule has 24 heavy (non-hydrogen) atoms. The van der Waals surface area contributed by atoms with Crippen molar-refractivity contribution < 1.29 is 19.0 Å². The van der Waals surface area contributed by atoms with Crippen LogP contribution in [0.2, 0.25) is 0 Å². The van der Waals surface area contributed by atoms with Gasteiger partial charge < -0.3 is 19.5 Å². The van der Waals surface area contributed by atoms with Gasteiger partial charge in [-0.2, -0.15) is 0 Å². The summed E-state index contributed by atoms with van der Waals surface area (Å²) in [5.41, 5.74) is 0.526. The van der Waals surface area contributed by atoms with Crippen LogP contribution in [-0.2, 0) is 14.3 Å². The van der Waals surface area contributed by atoms with Gasteiger partial charge in [-0.15, -0.1) is 0 Å². The third-order valence-electron chi connectivity index (χ3n) is 3.77. The average Bonchev–Trinajstić information content (AvgIpc) is 2.58. The summed E-state index contributed by atoms with van der Waals surface area (Å²) in [5.74, 6) is 0.360. The Hall–Kier alpha value is -1.66. The Kier molecular flexibility index (Phi) is 8.71. The number of nitrogens with one attached hydrogen (secondary N) is 1. The van der Waals surface area contributed by atoms with E-state index in [2.05, 4.69) is 10.3 Å².